The van der Waals surface area contributed by atoms with Crippen LogP contribution in [0.1, 0.15) is 20.8 Å². The molecular weight excluding hydrogens is 122 g/mol. The SMILES string of the molecule is CC1C(C)C1C.[Cl-].[NH4+]. The van der Waals surface area contributed by atoms with Gasteiger partial charge in [-0.1, -0.05) is 20.8 Å². The van der Waals surface area contributed by atoms with Gasteiger partial charge in [0.2, 0.25) is 0 Å². The van der Waals surface area contributed by atoms with Gasteiger partial charge in [-0.2, -0.15) is 0 Å². The molecule has 0 aromatic rings. The van der Waals surface area contributed by atoms with Crippen LogP contribution in [-0.4, -0.2) is 0 Å². The average Bonchev–Trinajstić information content (AvgIpc) is 1.94. The molecule has 52 valence electrons. The predicted octanol–water partition coefficient (Wildman–Crippen LogP) is -0.711. The number of hydrogen-bond acceptors (Lipinski definition) is 0. The minimum absolute atomic E-state index is 0. The summed E-state index contributed by atoms with van der Waals surface area (Å²) in [5.41, 5.74) is 0. The van der Waals surface area contributed by atoms with E-state index in [-0.39, 0.29) is 18.6 Å². The van der Waals surface area contributed by atoms with Crippen molar-refractivity contribution < 1.29 is 12.4 Å². The van der Waals surface area contributed by atoms with Crippen LogP contribution < -0.4 is 18.6 Å². The van der Waals surface area contributed by atoms with Gasteiger partial charge >= 0.3 is 0 Å². The van der Waals surface area contributed by atoms with Gasteiger partial charge in [0.25, 0.3) is 0 Å². The molecule has 0 unspecified atom stereocenters. The molecule has 0 aromatic carbocycles. The van der Waals surface area contributed by atoms with E-state index in [0.29, 0.717) is 0 Å². The summed E-state index contributed by atoms with van der Waals surface area (Å²) in [7, 11) is 0. The molecule has 1 aliphatic carbocycles. The first-order valence-corrected chi connectivity index (χ1v) is 2.73. The van der Waals surface area contributed by atoms with Gasteiger partial charge in [0, 0.05) is 0 Å². The highest BCUT2D eigenvalue weighted by atomic mass is 35.5. The van der Waals surface area contributed by atoms with Crippen LogP contribution in [0.5, 0.6) is 0 Å². The molecule has 4 N–H and O–H groups in total. The highest BCUT2D eigenvalue weighted by molar-refractivity contribution is 4.86. The third-order valence-electron chi connectivity index (χ3n) is 2.35. The molecular formula is C6H16ClN. The largest absolute Gasteiger partial charge is 1.00 e. The first-order chi connectivity index (χ1) is 2.73. The third kappa shape index (κ3) is 1.64. The Balaban J connectivity index is 0. The minimum Gasteiger partial charge on any atom is -1.00 e. The number of quaternary nitrogens is 1. The van der Waals surface area contributed by atoms with Crippen LogP contribution in [0, 0.1) is 17.8 Å². The maximum Gasteiger partial charge on any atom is -0.0386 e. The van der Waals surface area contributed by atoms with Crippen LogP contribution >= 0.6 is 0 Å². The zero-order valence-corrected chi connectivity index (χ0v) is 6.87. The predicted molar refractivity (Wildman–Crippen MR) is 33.5 cm³/mol. The fraction of sp³-hybridized carbons (Fsp3) is 1.00. The second kappa shape index (κ2) is 3.31. The molecule has 1 nitrogen and oxygen atoms in total. The first kappa shape index (κ1) is 11.1. The molecule has 0 amide bonds. The summed E-state index contributed by atoms with van der Waals surface area (Å²) in [4.78, 5) is 0. The van der Waals surface area contributed by atoms with Crippen molar-refractivity contribution in [2.75, 3.05) is 0 Å². The first-order valence-electron chi connectivity index (χ1n) is 2.73. The van der Waals surface area contributed by atoms with Gasteiger partial charge in [-0.3, -0.25) is 0 Å². The summed E-state index contributed by atoms with van der Waals surface area (Å²) in [6.07, 6.45) is 0. The molecule has 0 heterocycles. The molecule has 0 aromatic heterocycles. The molecule has 1 fully saturated rings. The molecule has 8 heavy (non-hydrogen) atoms. The summed E-state index contributed by atoms with van der Waals surface area (Å²) < 4.78 is 0. The summed E-state index contributed by atoms with van der Waals surface area (Å²) in [6.45, 7) is 6.94. The normalized spacial score (nSPS) is 41.6. The Labute approximate surface area is 57.8 Å². The molecule has 1 saturated carbocycles. The Morgan fingerprint density at radius 2 is 0.875 bits per heavy atom. The standard InChI is InChI=1S/C6H12.ClH.H3N/c1-4-5(2)6(4)3;;/h4-6H,1-3H3;1H;1H3. The number of halogens is 1. The van der Waals surface area contributed by atoms with Crippen molar-refractivity contribution in [3.05, 3.63) is 0 Å². The summed E-state index contributed by atoms with van der Waals surface area (Å²) in [5.74, 6) is 3.06. The van der Waals surface area contributed by atoms with Crippen LogP contribution in [0.25, 0.3) is 0 Å². The minimum atomic E-state index is 0. The number of hydrogen-bond donors (Lipinski definition) is 1. The molecule has 0 radical (unpaired) electrons. The molecule has 0 aliphatic heterocycles. The van der Waals surface area contributed by atoms with E-state index in [0.717, 1.165) is 17.8 Å². The van der Waals surface area contributed by atoms with Crippen LogP contribution in [0.3, 0.4) is 0 Å². The van der Waals surface area contributed by atoms with Crippen molar-refractivity contribution in [3.63, 3.8) is 0 Å². The Hall–Kier alpha value is 0.250. The third-order valence-corrected chi connectivity index (χ3v) is 2.35. The second-order valence-electron chi connectivity index (χ2n) is 2.58. The van der Waals surface area contributed by atoms with Crippen molar-refractivity contribution in [2.24, 2.45) is 17.8 Å². The van der Waals surface area contributed by atoms with Crippen LogP contribution in [0.2, 0.25) is 0 Å². The molecule has 1 rings (SSSR count). The highest BCUT2D eigenvalue weighted by Crippen LogP contribution is 2.44. The van der Waals surface area contributed by atoms with E-state index in [1.165, 1.54) is 0 Å². The van der Waals surface area contributed by atoms with E-state index >= 15 is 0 Å². The zero-order valence-electron chi connectivity index (χ0n) is 6.11. The summed E-state index contributed by atoms with van der Waals surface area (Å²) in [5, 5.41) is 0. The van der Waals surface area contributed by atoms with Gasteiger partial charge < -0.3 is 18.6 Å². The van der Waals surface area contributed by atoms with Gasteiger partial charge in [-0.05, 0) is 17.8 Å². The van der Waals surface area contributed by atoms with Gasteiger partial charge in [0.1, 0.15) is 0 Å². The van der Waals surface area contributed by atoms with Crippen LogP contribution in [-0.2, 0) is 0 Å². The Bertz CT molecular complexity index is 45.3. The topological polar surface area (TPSA) is 36.5 Å². The average molecular weight is 138 g/mol. The number of rotatable bonds is 0. The van der Waals surface area contributed by atoms with Crippen molar-refractivity contribution >= 4 is 0 Å². The molecule has 0 saturated heterocycles. The second-order valence-corrected chi connectivity index (χ2v) is 2.58. The van der Waals surface area contributed by atoms with Gasteiger partial charge in [0.15, 0.2) is 0 Å². The zero-order chi connectivity index (χ0) is 4.73. The van der Waals surface area contributed by atoms with E-state index in [2.05, 4.69) is 20.8 Å². The molecule has 0 spiro atoms. The van der Waals surface area contributed by atoms with Crippen molar-refractivity contribution in [1.82, 2.24) is 6.15 Å². The monoisotopic (exact) mass is 137 g/mol. The van der Waals surface area contributed by atoms with Crippen molar-refractivity contribution in [1.29, 1.82) is 0 Å². The lowest BCUT2D eigenvalue weighted by Crippen LogP contribution is -3.00. The van der Waals surface area contributed by atoms with Crippen LogP contribution in [0.15, 0.2) is 0 Å². The lowest BCUT2D eigenvalue weighted by Gasteiger charge is -1.66. The maximum absolute atomic E-state index is 2.31. The molecule has 0 bridgehead atoms. The Morgan fingerprint density at radius 1 is 0.750 bits per heavy atom. The van der Waals surface area contributed by atoms with Gasteiger partial charge in [-0.25, -0.2) is 0 Å². The maximum atomic E-state index is 2.31. The smallest absolute Gasteiger partial charge is 0.0386 e. The summed E-state index contributed by atoms with van der Waals surface area (Å²) in [6, 6.07) is 0. The Kier molecular flexibility index (Phi) is 4.59. The lowest BCUT2D eigenvalue weighted by molar-refractivity contribution is -0.00000193. The van der Waals surface area contributed by atoms with Crippen LogP contribution in [0.4, 0.5) is 0 Å². The summed E-state index contributed by atoms with van der Waals surface area (Å²) >= 11 is 0. The fourth-order valence-corrected chi connectivity index (χ4v) is 0.911. The Morgan fingerprint density at radius 3 is 0.875 bits per heavy atom. The van der Waals surface area contributed by atoms with Crippen molar-refractivity contribution in [2.45, 2.75) is 20.8 Å². The van der Waals surface area contributed by atoms with E-state index in [9.17, 15) is 0 Å². The van der Waals surface area contributed by atoms with Gasteiger partial charge in [-0.15, -0.1) is 0 Å². The quantitative estimate of drug-likeness (QED) is 0.458. The van der Waals surface area contributed by atoms with E-state index in [1.54, 1.807) is 0 Å². The molecule has 1 aliphatic rings. The molecule has 2 heteroatoms. The van der Waals surface area contributed by atoms with Gasteiger partial charge in [0.05, 0.1) is 0 Å². The fourth-order valence-electron chi connectivity index (χ4n) is 0.911. The van der Waals surface area contributed by atoms with Crippen molar-refractivity contribution in [3.8, 4) is 0 Å². The highest BCUT2D eigenvalue weighted by Gasteiger charge is 2.37. The lowest BCUT2D eigenvalue weighted by atomic mass is 10.4. The molecule has 0 atom stereocenters. The van der Waals surface area contributed by atoms with E-state index < -0.39 is 0 Å². The van der Waals surface area contributed by atoms with E-state index in [1.807, 2.05) is 0 Å². The van der Waals surface area contributed by atoms with E-state index in [4.69, 9.17) is 0 Å².